The molecular formula is C32H39NO2. The number of aryl methyl sites for hydroxylation is 2. The third-order valence-corrected chi connectivity index (χ3v) is 7.96. The molecule has 2 unspecified atom stereocenters. The van der Waals surface area contributed by atoms with Crippen LogP contribution in [0, 0.1) is 6.92 Å². The highest BCUT2D eigenvalue weighted by Crippen LogP contribution is 2.46. The summed E-state index contributed by atoms with van der Waals surface area (Å²) < 4.78 is 11.7. The molecule has 3 heteroatoms. The molecule has 1 aliphatic carbocycles. The van der Waals surface area contributed by atoms with E-state index in [-0.39, 0.29) is 0 Å². The Bertz CT molecular complexity index is 1100. The van der Waals surface area contributed by atoms with Crippen molar-refractivity contribution < 1.29 is 9.47 Å². The van der Waals surface area contributed by atoms with E-state index in [1.807, 2.05) is 0 Å². The van der Waals surface area contributed by atoms with Crippen molar-refractivity contribution in [2.45, 2.75) is 57.3 Å². The molecule has 0 saturated carbocycles. The summed E-state index contributed by atoms with van der Waals surface area (Å²) in [5.74, 6) is 2.70. The molecule has 0 bridgehead atoms. The zero-order valence-electron chi connectivity index (χ0n) is 21.3. The van der Waals surface area contributed by atoms with Crippen molar-refractivity contribution in [2.75, 3.05) is 33.4 Å². The molecule has 0 aromatic heterocycles. The molecule has 3 nitrogen and oxygen atoms in total. The molecule has 3 aromatic carbocycles. The summed E-state index contributed by atoms with van der Waals surface area (Å²) in [7, 11) is 1.73. The van der Waals surface area contributed by atoms with E-state index in [9.17, 15) is 0 Å². The highest BCUT2D eigenvalue weighted by atomic mass is 16.5. The third-order valence-electron chi connectivity index (χ3n) is 7.96. The Kier molecular flexibility index (Phi) is 7.73. The lowest BCUT2D eigenvalue weighted by Crippen LogP contribution is -2.33. The van der Waals surface area contributed by atoms with E-state index in [0.717, 1.165) is 24.7 Å². The lowest BCUT2D eigenvalue weighted by atomic mass is 9.70. The van der Waals surface area contributed by atoms with Crippen molar-refractivity contribution in [1.29, 1.82) is 0 Å². The van der Waals surface area contributed by atoms with Gasteiger partial charge >= 0.3 is 0 Å². The zero-order chi connectivity index (χ0) is 24.0. The summed E-state index contributed by atoms with van der Waals surface area (Å²) in [4.78, 5) is 2.54. The van der Waals surface area contributed by atoms with Crippen LogP contribution in [0.1, 0.15) is 71.8 Å². The Balaban J connectivity index is 1.41. The number of piperidine rings is 1. The van der Waals surface area contributed by atoms with E-state index in [1.165, 1.54) is 79.4 Å². The Hall–Kier alpha value is -2.78. The van der Waals surface area contributed by atoms with Crippen LogP contribution >= 0.6 is 0 Å². The molecule has 1 aliphatic heterocycles. The molecular weight excluding hydrogens is 430 g/mol. The maximum atomic E-state index is 6.25. The van der Waals surface area contributed by atoms with Gasteiger partial charge < -0.3 is 9.47 Å². The summed E-state index contributed by atoms with van der Waals surface area (Å²) in [6.07, 6.45) is 7.66. The minimum atomic E-state index is 0.309. The second-order valence-corrected chi connectivity index (χ2v) is 10.2. The Morgan fingerprint density at radius 3 is 2.43 bits per heavy atom. The van der Waals surface area contributed by atoms with Crippen LogP contribution in [0.4, 0.5) is 0 Å². The molecule has 0 amide bonds. The fourth-order valence-corrected chi connectivity index (χ4v) is 6.10. The van der Waals surface area contributed by atoms with Crippen molar-refractivity contribution in [2.24, 2.45) is 0 Å². The highest BCUT2D eigenvalue weighted by Gasteiger charge is 2.30. The van der Waals surface area contributed by atoms with Gasteiger partial charge in [0.25, 0.3) is 0 Å². The van der Waals surface area contributed by atoms with Crippen molar-refractivity contribution in [3.63, 3.8) is 0 Å². The average molecular weight is 470 g/mol. The van der Waals surface area contributed by atoms with Crippen LogP contribution in [0.3, 0.4) is 0 Å². The van der Waals surface area contributed by atoms with Crippen LogP contribution in [-0.2, 0) is 6.42 Å². The highest BCUT2D eigenvalue weighted by molar-refractivity contribution is 5.46. The summed E-state index contributed by atoms with van der Waals surface area (Å²) >= 11 is 0. The summed E-state index contributed by atoms with van der Waals surface area (Å²) in [6, 6.07) is 24.6. The van der Waals surface area contributed by atoms with Crippen molar-refractivity contribution >= 4 is 0 Å². The number of methoxy groups -OCH3 is 1. The molecule has 1 fully saturated rings. The molecule has 5 rings (SSSR count). The van der Waals surface area contributed by atoms with Crippen LogP contribution in [0.2, 0.25) is 0 Å². The second-order valence-electron chi connectivity index (χ2n) is 10.2. The largest absolute Gasteiger partial charge is 0.497 e. The number of rotatable bonds is 8. The van der Waals surface area contributed by atoms with Gasteiger partial charge in [-0.3, -0.25) is 4.90 Å². The van der Waals surface area contributed by atoms with E-state index in [1.54, 1.807) is 7.11 Å². The lowest BCUT2D eigenvalue weighted by molar-refractivity contribution is 0.183. The number of hydrogen-bond acceptors (Lipinski definition) is 3. The fourth-order valence-electron chi connectivity index (χ4n) is 6.10. The summed E-state index contributed by atoms with van der Waals surface area (Å²) in [5.41, 5.74) is 6.97. The second kappa shape index (κ2) is 11.3. The van der Waals surface area contributed by atoms with Gasteiger partial charge in [-0.05, 0) is 104 Å². The minimum absolute atomic E-state index is 0.309. The zero-order valence-corrected chi connectivity index (χ0v) is 21.3. The van der Waals surface area contributed by atoms with Gasteiger partial charge in [0.15, 0.2) is 0 Å². The van der Waals surface area contributed by atoms with Gasteiger partial charge in [-0.15, -0.1) is 0 Å². The predicted octanol–water partition coefficient (Wildman–Crippen LogP) is 7.12. The molecule has 35 heavy (non-hydrogen) atoms. The number of hydrogen-bond donors (Lipinski definition) is 0. The average Bonchev–Trinajstić information content (AvgIpc) is 2.91. The Labute approximate surface area is 211 Å². The summed E-state index contributed by atoms with van der Waals surface area (Å²) in [5, 5.41) is 0. The van der Waals surface area contributed by atoms with E-state index in [4.69, 9.17) is 9.47 Å². The van der Waals surface area contributed by atoms with E-state index < -0.39 is 0 Å². The van der Waals surface area contributed by atoms with Gasteiger partial charge in [-0.1, -0.05) is 55.0 Å². The standard InChI is InChI=1S/C32H39NO2/c1-24-23-27(15-18-31(24)35-22-21-33-19-6-3-7-20-33)32(26-13-16-28(34-2)17-14-26)30-12-8-10-25-9-4-5-11-29(25)30/h4-5,9,11,13-18,23,30,32H,3,6-8,10,12,19-22H2,1-2H3. The quantitative estimate of drug-likeness (QED) is 0.351. The molecule has 2 atom stereocenters. The van der Waals surface area contributed by atoms with Crippen LogP contribution < -0.4 is 9.47 Å². The predicted molar refractivity (Wildman–Crippen MR) is 144 cm³/mol. The van der Waals surface area contributed by atoms with E-state index >= 15 is 0 Å². The molecule has 0 radical (unpaired) electrons. The van der Waals surface area contributed by atoms with Crippen molar-refractivity contribution in [1.82, 2.24) is 4.90 Å². The number of fused-ring (bicyclic) bond motifs is 1. The molecule has 0 N–H and O–H groups in total. The first-order valence-electron chi connectivity index (χ1n) is 13.4. The first kappa shape index (κ1) is 23.9. The van der Waals surface area contributed by atoms with Gasteiger partial charge in [0.05, 0.1) is 7.11 Å². The molecule has 1 saturated heterocycles. The van der Waals surface area contributed by atoms with Crippen molar-refractivity contribution in [3.05, 3.63) is 94.5 Å². The number of nitrogens with zero attached hydrogens (tertiary/aromatic N) is 1. The van der Waals surface area contributed by atoms with Gasteiger partial charge in [-0.2, -0.15) is 0 Å². The van der Waals surface area contributed by atoms with Crippen LogP contribution in [0.5, 0.6) is 11.5 Å². The lowest BCUT2D eigenvalue weighted by Gasteiger charge is -2.33. The monoisotopic (exact) mass is 469 g/mol. The van der Waals surface area contributed by atoms with Gasteiger partial charge in [0.2, 0.25) is 0 Å². The van der Waals surface area contributed by atoms with Crippen LogP contribution in [0.15, 0.2) is 66.7 Å². The first-order chi connectivity index (χ1) is 17.2. The number of ether oxygens (including phenoxy) is 2. The van der Waals surface area contributed by atoms with Gasteiger partial charge in [0, 0.05) is 12.5 Å². The van der Waals surface area contributed by atoms with Crippen molar-refractivity contribution in [3.8, 4) is 11.5 Å². The number of likely N-dealkylation sites (tertiary alicyclic amines) is 1. The molecule has 0 spiro atoms. The van der Waals surface area contributed by atoms with Gasteiger partial charge in [-0.25, -0.2) is 0 Å². The first-order valence-corrected chi connectivity index (χ1v) is 13.4. The normalized spacial score (nSPS) is 19.1. The SMILES string of the molecule is COc1ccc(C(c2ccc(OCCN3CCCCC3)c(C)c2)C2CCCc3ccccc32)cc1. The molecule has 3 aromatic rings. The fraction of sp³-hybridized carbons (Fsp3) is 0.438. The maximum Gasteiger partial charge on any atom is 0.122 e. The van der Waals surface area contributed by atoms with Gasteiger partial charge in [0.1, 0.15) is 18.1 Å². The minimum Gasteiger partial charge on any atom is -0.497 e. The molecule has 184 valence electrons. The molecule has 2 aliphatic rings. The smallest absolute Gasteiger partial charge is 0.122 e. The third kappa shape index (κ3) is 5.56. The summed E-state index contributed by atoms with van der Waals surface area (Å²) in [6.45, 7) is 6.41. The Morgan fingerprint density at radius 1 is 0.886 bits per heavy atom. The van der Waals surface area contributed by atoms with E-state index in [0.29, 0.717) is 11.8 Å². The number of benzene rings is 3. The van der Waals surface area contributed by atoms with Crippen LogP contribution in [0.25, 0.3) is 0 Å². The molecule has 1 heterocycles. The topological polar surface area (TPSA) is 21.7 Å². The maximum absolute atomic E-state index is 6.25. The van der Waals surface area contributed by atoms with E-state index in [2.05, 4.69) is 78.6 Å². The Morgan fingerprint density at radius 2 is 1.66 bits per heavy atom. The van der Waals surface area contributed by atoms with Crippen LogP contribution in [-0.4, -0.2) is 38.3 Å².